The van der Waals surface area contributed by atoms with Gasteiger partial charge in [0.1, 0.15) is 10.7 Å². The van der Waals surface area contributed by atoms with E-state index in [1.165, 1.54) is 72.3 Å². The minimum atomic E-state index is -4.97. The molecule has 0 saturated heterocycles. The number of aromatic nitrogens is 8. The topological polar surface area (TPSA) is 465 Å². The molecular formula is C80H69N15O15S3. The summed E-state index contributed by atoms with van der Waals surface area (Å²) in [5, 5.41) is 16.7. The minimum Gasteiger partial charge on any atom is -0.368 e. The maximum atomic E-state index is 14.8. The fourth-order valence-electron chi connectivity index (χ4n) is 16.2. The fraction of sp³-hybridized carbons (Fsp3) is 0.200. The Bertz CT molecular complexity index is 6590. The first kappa shape index (κ1) is 74.3. The van der Waals surface area contributed by atoms with Crippen molar-refractivity contribution < 1.29 is 58.1 Å². The summed E-state index contributed by atoms with van der Waals surface area (Å²) in [7, 11) is -11.6. The molecule has 2 fully saturated rings. The zero-order valence-electron chi connectivity index (χ0n) is 60.2. The number of fused-ring (bicyclic) bond motifs is 4. The molecule has 4 heterocycles. The molecule has 0 spiro atoms. The number of pyridine rings is 2. The molecule has 0 aliphatic heterocycles. The number of nitrogens with one attached hydrogen (secondary N) is 5. The molecule has 8 aromatic carbocycles. The van der Waals surface area contributed by atoms with Crippen molar-refractivity contribution in [3.05, 3.63) is 240 Å². The number of nitrogen functional groups attached to an aromatic ring is 2. The Balaban J connectivity index is 0.566. The predicted octanol–water partition coefficient (Wildman–Crippen LogP) is 11.4. The van der Waals surface area contributed by atoms with Gasteiger partial charge in [0.25, 0.3) is 41.5 Å². The predicted molar refractivity (Wildman–Crippen MR) is 423 cm³/mol. The van der Waals surface area contributed by atoms with E-state index in [2.05, 4.69) is 56.5 Å². The third kappa shape index (κ3) is 14.2. The lowest BCUT2D eigenvalue weighted by atomic mass is 9.75. The zero-order valence-corrected chi connectivity index (χ0v) is 62.6. The van der Waals surface area contributed by atoms with Crippen LogP contribution in [-0.2, 0) is 50.9 Å². The molecule has 4 aliphatic rings. The average Bonchev–Trinajstić information content (AvgIpc) is 0.712. The highest BCUT2D eigenvalue weighted by molar-refractivity contribution is 7.86. The van der Waals surface area contributed by atoms with Crippen LogP contribution in [0, 0.1) is 11.8 Å². The van der Waals surface area contributed by atoms with Crippen molar-refractivity contribution in [2.24, 2.45) is 25.9 Å². The lowest BCUT2D eigenvalue weighted by Gasteiger charge is -2.34. The number of carbonyl (C=O) groups is 4. The van der Waals surface area contributed by atoms with Crippen molar-refractivity contribution in [2.75, 3.05) is 38.1 Å². The molecule has 33 heteroatoms. The number of hydrogen-bond donors (Lipinski definition) is 10. The largest absolute Gasteiger partial charge is 0.368 e. The Morgan fingerprint density at radius 1 is 0.442 bits per heavy atom. The molecule has 30 nitrogen and oxygen atoms in total. The maximum absolute atomic E-state index is 14.8. The van der Waals surface area contributed by atoms with Gasteiger partial charge in [0.15, 0.2) is 23.1 Å². The molecule has 0 bridgehead atoms. The summed E-state index contributed by atoms with van der Waals surface area (Å²) in [6.45, 7) is 0. The molecule has 12 aromatic rings. The number of nitrogens with zero attached hydrogens (tertiary/aromatic N) is 8. The number of carbonyl (C=O) groups excluding carboxylic acids is 4. The van der Waals surface area contributed by atoms with Gasteiger partial charge in [-0.1, -0.05) is 91.0 Å². The van der Waals surface area contributed by atoms with Gasteiger partial charge < -0.3 is 47.2 Å². The Labute approximate surface area is 644 Å². The smallest absolute Gasteiger partial charge is 0.296 e. The van der Waals surface area contributed by atoms with Crippen LogP contribution in [0.25, 0.3) is 44.1 Å². The molecule has 12 N–H and O–H groups in total. The van der Waals surface area contributed by atoms with E-state index in [1.807, 2.05) is 0 Å². The molecule has 4 aliphatic carbocycles. The van der Waals surface area contributed by atoms with Crippen LogP contribution in [0.4, 0.5) is 58.2 Å². The second-order valence-corrected chi connectivity index (χ2v) is 32.7. The Morgan fingerprint density at radius 2 is 0.912 bits per heavy atom. The van der Waals surface area contributed by atoms with E-state index in [0.717, 1.165) is 80.6 Å². The number of anilines is 10. The highest BCUT2D eigenvalue weighted by atomic mass is 32.2. The lowest BCUT2D eigenvalue weighted by molar-refractivity contribution is 0.102. The van der Waals surface area contributed by atoms with Gasteiger partial charge >= 0.3 is 0 Å². The minimum absolute atomic E-state index is 0.0135. The number of benzene rings is 8. The van der Waals surface area contributed by atoms with Gasteiger partial charge in [-0.25, -0.2) is 0 Å². The van der Waals surface area contributed by atoms with Gasteiger partial charge in [-0.05, 0) is 159 Å². The quantitative estimate of drug-likeness (QED) is 0.0236. The van der Waals surface area contributed by atoms with Gasteiger partial charge in [0, 0.05) is 88.1 Å². The molecule has 0 radical (unpaired) electrons. The van der Waals surface area contributed by atoms with Crippen LogP contribution in [0.15, 0.2) is 188 Å². The maximum Gasteiger partial charge on any atom is 0.296 e. The zero-order chi connectivity index (χ0) is 79.3. The van der Waals surface area contributed by atoms with Gasteiger partial charge in [0.05, 0.1) is 60.1 Å². The third-order valence-electron chi connectivity index (χ3n) is 21.5. The molecule has 16 rings (SSSR count). The Hall–Kier alpha value is -12.8. The first-order valence-corrected chi connectivity index (χ1v) is 40.3. The van der Waals surface area contributed by atoms with Crippen LogP contribution in [0.1, 0.15) is 133 Å². The summed E-state index contributed by atoms with van der Waals surface area (Å²) in [4.78, 5) is 112. The van der Waals surface area contributed by atoms with Crippen LogP contribution in [0.3, 0.4) is 0 Å². The van der Waals surface area contributed by atoms with Crippen LogP contribution in [-0.4, -0.2) is 113 Å². The van der Waals surface area contributed by atoms with Crippen LogP contribution in [0.2, 0.25) is 0 Å². The number of rotatable bonds is 21. The summed E-state index contributed by atoms with van der Waals surface area (Å²) in [6.07, 6.45) is 7.72. The summed E-state index contributed by atoms with van der Waals surface area (Å²) < 4.78 is 110. The van der Waals surface area contributed by atoms with Crippen LogP contribution < -0.4 is 49.2 Å². The standard InChI is InChI=1S/C80H69N15O15S3/c1-94-57-31-29-54(64-66(57)62(50-15-6-8-17-52(50)72(64)98)68(74(94)100)70(96)42-11-4-3-5-12-42)83-47-27-33-59(112(105,106)107)44(36-47)38-61-88-76(81)90-78(89-61)84-45-23-19-40(20-24-45)35-41-21-25-46(26-22-41)85-79-91-77(82)92-80(93-79)86-48-28-34-60(113(108,109)110)56(39-48)87-55-30-32-58-67-63(51-16-7-9-18-53(51)73(99)65(55)67)69(75(101)95(58)2)71(97)43-13-10-14-49(37-43)111(102,103)104/h3-18,27-34,36-37,39-41,45-46,83,87H,19-26,35,38H2,1-2H3,(H,102,103,104)(H,105,106,107)(H,108,109,110)(H3,81,84,88,89,90)(H4,82,85,86,91,92,93). The van der Waals surface area contributed by atoms with Crippen molar-refractivity contribution >= 4 is 133 Å². The van der Waals surface area contributed by atoms with E-state index in [0.29, 0.717) is 50.8 Å². The normalized spacial score (nSPS) is 16.6. The molecule has 113 heavy (non-hydrogen) atoms. The van der Waals surface area contributed by atoms with E-state index in [-0.39, 0.29) is 138 Å². The molecule has 0 atom stereocenters. The molecule has 0 amide bonds. The Morgan fingerprint density at radius 3 is 1.45 bits per heavy atom. The first-order chi connectivity index (χ1) is 54.0. The number of nitrogens with two attached hydrogens (primary N) is 2. The Kier molecular flexibility index (Phi) is 19.0. The number of hydrogen-bond acceptors (Lipinski definition) is 25. The van der Waals surface area contributed by atoms with Gasteiger partial charge in [-0.2, -0.15) is 55.2 Å². The van der Waals surface area contributed by atoms with Crippen molar-refractivity contribution in [2.45, 2.75) is 91.0 Å². The fourth-order valence-corrected chi connectivity index (χ4v) is 18.1. The second kappa shape index (κ2) is 28.8. The van der Waals surface area contributed by atoms with Crippen molar-refractivity contribution in [3.63, 3.8) is 0 Å². The first-order valence-electron chi connectivity index (χ1n) is 36.0. The summed E-state index contributed by atoms with van der Waals surface area (Å²) in [5.74, 6) is -1.24. The molecule has 2 saturated carbocycles. The van der Waals surface area contributed by atoms with E-state index in [1.54, 1.807) is 92.0 Å². The highest BCUT2D eigenvalue weighted by Gasteiger charge is 2.38. The van der Waals surface area contributed by atoms with Gasteiger partial charge in [0.2, 0.25) is 29.7 Å². The monoisotopic (exact) mass is 1580 g/mol. The van der Waals surface area contributed by atoms with E-state index in [9.17, 15) is 67.7 Å². The molecule has 0 unspecified atom stereocenters. The van der Waals surface area contributed by atoms with Gasteiger partial charge in [-0.3, -0.25) is 42.4 Å². The van der Waals surface area contributed by atoms with Crippen molar-refractivity contribution in [1.82, 2.24) is 39.0 Å². The van der Waals surface area contributed by atoms with E-state index < -0.39 is 79.1 Å². The summed E-state index contributed by atoms with van der Waals surface area (Å²) in [5.41, 5.74) is 13.6. The van der Waals surface area contributed by atoms with Crippen molar-refractivity contribution in [1.29, 1.82) is 0 Å². The second-order valence-electron chi connectivity index (χ2n) is 28.5. The van der Waals surface area contributed by atoms with Crippen LogP contribution >= 0.6 is 0 Å². The number of aryl methyl sites for hydroxylation is 2. The molecule has 4 aromatic heterocycles. The van der Waals surface area contributed by atoms with E-state index in [4.69, 9.17) is 11.5 Å². The van der Waals surface area contributed by atoms with E-state index >= 15 is 0 Å². The average molecular weight is 1580 g/mol. The van der Waals surface area contributed by atoms with Crippen molar-refractivity contribution in [3.8, 4) is 22.3 Å². The highest BCUT2D eigenvalue weighted by Crippen LogP contribution is 2.48. The summed E-state index contributed by atoms with van der Waals surface area (Å²) in [6, 6.07) is 40.2. The SMILES string of the molecule is Cn1c(=O)c(C(=O)c2ccccc2)c2c3c(c(Nc4ccc(S(=O)(=O)O)c(Cc5nc(N)nc(NC6CCC(CC7CCC(Nc8nc(N)nc(Nc9ccc(S(=O)(=O)O)c(Nc%10ccc%11c%12c%10C(=O)c%10ccccc%10-c%12c(C(=O)c%10cccc(S(=O)(=O)O)c%10)c(=O)n%11C)c9)n8)CC7)CC6)n5)c4)ccc31)C(=O)c1ccccc1-2. The lowest BCUT2D eigenvalue weighted by Crippen LogP contribution is -2.30. The summed E-state index contributed by atoms with van der Waals surface area (Å²) >= 11 is 0. The van der Waals surface area contributed by atoms with Crippen LogP contribution in [0.5, 0.6) is 0 Å². The molecular weight excluding hydrogens is 1510 g/mol. The third-order valence-corrected chi connectivity index (χ3v) is 24.2. The van der Waals surface area contributed by atoms with Gasteiger partial charge in [-0.15, -0.1) is 0 Å². The number of ketones is 4. The molecule has 572 valence electrons.